The lowest BCUT2D eigenvalue weighted by Gasteiger charge is -2.21. The topological polar surface area (TPSA) is 82.5 Å². The number of aromatic nitrogens is 1. The first kappa shape index (κ1) is 12.8. The van der Waals surface area contributed by atoms with Gasteiger partial charge in [0.25, 0.3) is 0 Å². The summed E-state index contributed by atoms with van der Waals surface area (Å²) >= 11 is 0. The number of carboxylic acids is 1. The SMILES string of the molecule is Cc1cc(NC2CCCC2CO)c(C(=O)O)cn1. The third kappa shape index (κ3) is 2.61. The number of carbonyl (C=O) groups is 1. The van der Waals surface area contributed by atoms with Crippen molar-refractivity contribution in [3.05, 3.63) is 23.5 Å². The van der Waals surface area contributed by atoms with Gasteiger partial charge in [0.05, 0.1) is 5.69 Å². The number of rotatable bonds is 4. The van der Waals surface area contributed by atoms with E-state index in [1.165, 1.54) is 6.20 Å². The average Bonchev–Trinajstić information content (AvgIpc) is 2.76. The minimum atomic E-state index is -0.983. The highest BCUT2D eigenvalue weighted by Crippen LogP contribution is 2.29. The second-order valence-electron chi connectivity index (χ2n) is 4.80. The summed E-state index contributed by atoms with van der Waals surface area (Å²) < 4.78 is 0. The Morgan fingerprint density at radius 2 is 2.33 bits per heavy atom. The summed E-state index contributed by atoms with van der Waals surface area (Å²) in [6.07, 6.45) is 4.39. The molecule has 2 atom stereocenters. The first-order valence-electron chi connectivity index (χ1n) is 6.19. The molecule has 2 rings (SSSR count). The minimum absolute atomic E-state index is 0.143. The van der Waals surface area contributed by atoms with Crippen LogP contribution in [0.5, 0.6) is 0 Å². The molecule has 2 unspecified atom stereocenters. The van der Waals surface area contributed by atoms with Gasteiger partial charge in [-0.15, -0.1) is 0 Å². The molecule has 0 radical (unpaired) electrons. The lowest BCUT2D eigenvalue weighted by Crippen LogP contribution is -2.27. The molecule has 0 amide bonds. The maximum Gasteiger partial charge on any atom is 0.339 e. The molecule has 0 bridgehead atoms. The van der Waals surface area contributed by atoms with E-state index >= 15 is 0 Å². The van der Waals surface area contributed by atoms with Crippen LogP contribution in [0.25, 0.3) is 0 Å². The fourth-order valence-corrected chi connectivity index (χ4v) is 2.49. The fourth-order valence-electron chi connectivity index (χ4n) is 2.49. The van der Waals surface area contributed by atoms with Crippen LogP contribution in [0.15, 0.2) is 12.3 Å². The number of aryl methyl sites for hydroxylation is 1. The first-order chi connectivity index (χ1) is 8.61. The quantitative estimate of drug-likeness (QED) is 0.757. The van der Waals surface area contributed by atoms with Crippen LogP contribution in [0.4, 0.5) is 5.69 Å². The number of hydrogen-bond donors (Lipinski definition) is 3. The molecule has 0 saturated heterocycles. The van der Waals surface area contributed by atoms with Crippen molar-refractivity contribution >= 4 is 11.7 Å². The van der Waals surface area contributed by atoms with E-state index in [1.54, 1.807) is 6.07 Å². The predicted molar refractivity (Wildman–Crippen MR) is 67.8 cm³/mol. The number of nitrogens with zero attached hydrogens (tertiary/aromatic N) is 1. The summed E-state index contributed by atoms with van der Waals surface area (Å²) in [4.78, 5) is 15.1. The largest absolute Gasteiger partial charge is 0.478 e. The Hall–Kier alpha value is -1.62. The summed E-state index contributed by atoms with van der Waals surface area (Å²) in [6, 6.07) is 1.89. The van der Waals surface area contributed by atoms with E-state index in [1.807, 2.05) is 6.92 Å². The van der Waals surface area contributed by atoms with Crippen LogP contribution >= 0.6 is 0 Å². The summed E-state index contributed by atoms with van der Waals surface area (Å²) in [5, 5.41) is 21.7. The van der Waals surface area contributed by atoms with E-state index in [0.717, 1.165) is 25.0 Å². The molecule has 5 nitrogen and oxygen atoms in total. The lowest BCUT2D eigenvalue weighted by atomic mass is 10.0. The summed E-state index contributed by atoms with van der Waals surface area (Å²) in [6.45, 7) is 1.97. The molecule has 1 aliphatic rings. The second kappa shape index (κ2) is 5.35. The highest BCUT2D eigenvalue weighted by molar-refractivity contribution is 5.93. The summed E-state index contributed by atoms with van der Waals surface area (Å²) in [7, 11) is 0. The highest BCUT2D eigenvalue weighted by atomic mass is 16.4. The standard InChI is InChI=1S/C13H18N2O3/c1-8-5-12(10(6-14-8)13(17)18)15-11-4-2-3-9(11)7-16/h5-6,9,11,16H,2-4,7H2,1H3,(H,14,15)(H,17,18). The third-order valence-corrected chi connectivity index (χ3v) is 3.51. The van der Waals surface area contributed by atoms with Crippen molar-refractivity contribution in [3.8, 4) is 0 Å². The lowest BCUT2D eigenvalue weighted by molar-refractivity contribution is 0.0697. The molecule has 1 heterocycles. The maximum atomic E-state index is 11.1. The Bertz CT molecular complexity index is 448. The van der Waals surface area contributed by atoms with Gasteiger partial charge >= 0.3 is 5.97 Å². The van der Waals surface area contributed by atoms with Gasteiger partial charge in [-0.2, -0.15) is 0 Å². The van der Waals surface area contributed by atoms with Gasteiger partial charge in [-0.25, -0.2) is 4.79 Å². The van der Waals surface area contributed by atoms with Crippen molar-refractivity contribution < 1.29 is 15.0 Å². The van der Waals surface area contributed by atoms with Crippen LogP contribution in [-0.4, -0.2) is 33.8 Å². The number of nitrogens with one attached hydrogen (secondary N) is 1. The van der Waals surface area contributed by atoms with Gasteiger partial charge in [0.1, 0.15) is 5.56 Å². The van der Waals surface area contributed by atoms with Crippen LogP contribution in [0.2, 0.25) is 0 Å². The van der Waals surface area contributed by atoms with Gasteiger partial charge in [-0.1, -0.05) is 6.42 Å². The molecule has 0 spiro atoms. The van der Waals surface area contributed by atoms with Crippen LogP contribution in [0, 0.1) is 12.8 Å². The van der Waals surface area contributed by atoms with E-state index < -0.39 is 5.97 Å². The predicted octanol–water partition coefficient (Wildman–Crippen LogP) is 1.66. The third-order valence-electron chi connectivity index (χ3n) is 3.51. The van der Waals surface area contributed by atoms with Crippen LogP contribution in [-0.2, 0) is 0 Å². The summed E-state index contributed by atoms with van der Waals surface area (Å²) in [5.41, 5.74) is 1.56. The van der Waals surface area contributed by atoms with E-state index in [9.17, 15) is 9.90 Å². The Morgan fingerprint density at radius 1 is 1.56 bits per heavy atom. The zero-order chi connectivity index (χ0) is 13.1. The number of aromatic carboxylic acids is 1. The molecule has 0 aliphatic heterocycles. The molecule has 1 aromatic rings. The van der Waals surface area contributed by atoms with E-state index in [0.29, 0.717) is 5.69 Å². The number of anilines is 1. The molecule has 1 aromatic heterocycles. The molecule has 18 heavy (non-hydrogen) atoms. The Kier molecular flexibility index (Phi) is 3.81. The molecular weight excluding hydrogens is 232 g/mol. The van der Waals surface area contributed by atoms with Crippen molar-refractivity contribution in [2.24, 2.45) is 5.92 Å². The van der Waals surface area contributed by atoms with Gasteiger partial charge in [-0.05, 0) is 25.8 Å². The van der Waals surface area contributed by atoms with Gasteiger partial charge in [0, 0.05) is 30.5 Å². The van der Waals surface area contributed by atoms with Crippen LogP contribution in [0.1, 0.15) is 35.3 Å². The number of pyridine rings is 1. The zero-order valence-corrected chi connectivity index (χ0v) is 10.4. The molecule has 98 valence electrons. The maximum absolute atomic E-state index is 11.1. The van der Waals surface area contributed by atoms with Gasteiger partial charge in [0.15, 0.2) is 0 Å². The van der Waals surface area contributed by atoms with E-state index in [2.05, 4.69) is 10.3 Å². The van der Waals surface area contributed by atoms with Crippen molar-refractivity contribution in [1.82, 2.24) is 4.98 Å². The minimum Gasteiger partial charge on any atom is -0.478 e. The Morgan fingerprint density at radius 3 is 3.00 bits per heavy atom. The monoisotopic (exact) mass is 250 g/mol. The molecule has 1 fully saturated rings. The summed E-state index contributed by atoms with van der Waals surface area (Å²) in [5.74, 6) is -0.774. The number of aliphatic hydroxyl groups is 1. The van der Waals surface area contributed by atoms with Crippen molar-refractivity contribution in [3.63, 3.8) is 0 Å². The number of carboxylic acid groups (broad SMARTS) is 1. The zero-order valence-electron chi connectivity index (χ0n) is 10.4. The second-order valence-corrected chi connectivity index (χ2v) is 4.80. The Labute approximate surface area is 106 Å². The van der Waals surface area contributed by atoms with Crippen LogP contribution in [0.3, 0.4) is 0 Å². The molecule has 3 N–H and O–H groups in total. The first-order valence-corrected chi connectivity index (χ1v) is 6.19. The van der Waals surface area contributed by atoms with Gasteiger partial charge in [0.2, 0.25) is 0 Å². The van der Waals surface area contributed by atoms with E-state index in [4.69, 9.17) is 5.11 Å². The van der Waals surface area contributed by atoms with Crippen molar-refractivity contribution in [2.75, 3.05) is 11.9 Å². The average molecular weight is 250 g/mol. The highest BCUT2D eigenvalue weighted by Gasteiger charge is 2.27. The molecule has 1 aliphatic carbocycles. The molecule has 0 aromatic carbocycles. The van der Waals surface area contributed by atoms with Crippen LogP contribution < -0.4 is 5.32 Å². The van der Waals surface area contributed by atoms with Gasteiger partial charge in [-0.3, -0.25) is 4.98 Å². The smallest absolute Gasteiger partial charge is 0.339 e. The normalized spacial score (nSPS) is 23.0. The number of hydrogen-bond acceptors (Lipinski definition) is 4. The Balaban J connectivity index is 2.22. The fraction of sp³-hybridized carbons (Fsp3) is 0.538. The molecular formula is C13H18N2O3. The molecule has 5 heteroatoms. The van der Waals surface area contributed by atoms with Crippen molar-refractivity contribution in [1.29, 1.82) is 0 Å². The number of aliphatic hydroxyl groups excluding tert-OH is 1. The molecule has 1 saturated carbocycles. The van der Waals surface area contributed by atoms with E-state index in [-0.39, 0.29) is 24.1 Å². The van der Waals surface area contributed by atoms with Crippen molar-refractivity contribution in [2.45, 2.75) is 32.2 Å². The van der Waals surface area contributed by atoms with Gasteiger partial charge < -0.3 is 15.5 Å².